The highest BCUT2D eigenvalue weighted by Crippen LogP contribution is 2.61. The minimum absolute atomic E-state index is 0. The van der Waals surface area contributed by atoms with Crippen LogP contribution in [0.3, 0.4) is 0 Å². The number of nitrogens with zero attached hydrogens (tertiary/aromatic N) is 7. The van der Waals surface area contributed by atoms with E-state index < -0.39 is 11.4 Å². The summed E-state index contributed by atoms with van der Waals surface area (Å²) in [4.78, 5) is 72.7. The van der Waals surface area contributed by atoms with Crippen molar-refractivity contribution in [2.45, 2.75) is 109 Å². The second-order valence-corrected chi connectivity index (χ2v) is 25.1. The predicted molar refractivity (Wildman–Crippen MR) is 364 cm³/mol. The highest BCUT2D eigenvalue weighted by Gasteiger charge is 2.21. The lowest BCUT2D eigenvalue weighted by atomic mass is 10.0. The molecule has 92 heavy (non-hydrogen) atoms. The van der Waals surface area contributed by atoms with Crippen LogP contribution in [0.4, 0.5) is 23.1 Å². The summed E-state index contributed by atoms with van der Waals surface area (Å²) in [5.74, 6) is 13.5. The number of H-pyrrole nitrogens is 1. The maximum absolute atomic E-state index is 11.1. The number of furan rings is 3. The van der Waals surface area contributed by atoms with Crippen molar-refractivity contribution in [2.75, 3.05) is 43.8 Å². The fourth-order valence-electron chi connectivity index (χ4n) is 7.05. The van der Waals surface area contributed by atoms with Crippen LogP contribution in [-0.4, -0.2) is 92.4 Å². The highest BCUT2D eigenvalue weighted by atomic mass is 36.0. The van der Waals surface area contributed by atoms with E-state index in [1.165, 1.54) is 19.8 Å². The van der Waals surface area contributed by atoms with Crippen LogP contribution in [-0.2, 0) is 30.2 Å². The number of aromatic amines is 1. The number of fused-ring (bicyclic) bond motifs is 3. The Hall–Kier alpha value is -8.70. The van der Waals surface area contributed by atoms with Crippen LogP contribution >= 0.6 is 62.9 Å². The molecule has 0 amide bonds. The molecule has 0 saturated carbocycles. The number of terminal acetylenes is 2. The van der Waals surface area contributed by atoms with Crippen molar-refractivity contribution >= 4 is 132 Å². The van der Waals surface area contributed by atoms with Crippen LogP contribution in [0.1, 0.15) is 106 Å². The Morgan fingerprint density at radius 1 is 0.804 bits per heavy atom. The monoisotopic (exact) mass is 1390 g/mol. The third-order valence-corrected chi connectivity index (χ3v) is 11.4. The zero-order chi connectivity index (χ0) is 68.8. The zero-order valence-electron chi connectivity index (χ0n) is 52.4. The van der Waals surface area contributed by atoms with Gasteiger partial charge in [0.25, 0.3) is 5.56 Å². The number of ether oxygens (including phenoxy) is 2. The quantitative estimate of drug-likeness (QED) is 0.0232. The fourth-order valence-corrected chi connectivity index (χ4v) is 7.31. The van der Waals surface area contributed by atoms with E-state index >= 15 is 0 Å². The van der Waals surface area contributed by atoms with Crippen molar-refractivity contribution in [3.63, 3.8) is 0 Å². The normalized spacial score (nSPS) is 10.8. The Morgan fingerprint density at radius 2 is 1.25 bits per heavy atom. The third-order valence-electron chi connectivity index (χ3n) is 11.1. The number of nitrogens with two attached hydrogens (primary N) is 1. The lowest BCUT2D eigenvalue weighted by Gasteiger charge is -2.19. The Balaban J connectivity index is -0.00000101. The Bertz CT molecular complexity index is 3760. The minimum Gasteiger partial charge on any atom is -0.497 e. The van der Waals surface area contributed by atoms with E-state index in [2.05, 4.69) is 105 Å². The molecule has 31 heteroatoms. The van der Waals surface area contributed by atoms with Crippen molar-refractivity contribution in [1.29, 1.82) is 5.41 Å². The lowest BCUT2D eigenvalue weighted by Crippen LogP contribution is -2.15. The van der Waals surface area contributed by atoms with Gasteiger partial charge in [-0.1, -0.05) is 45.7 Å². The van der Waals surface area contributed by atoms with E-state index in [0.717, 1.165) is 69.1 Å². The third kappa shape index (κ3) is 34.5. The lowest BCUT2D eigenvalue weighted by molar-refractivity contribution is -0.193. The number of methoxy groups -OCH3 is 2. The van der Waals surface area contributed by atoms with Crippen LogP contribution in [0.25, 0.3) is 22.2 Å². The van der Waals surface area contributed by atoms with E-state index in [-0.39, 0.29) is 61.4 Å². The number of nitrogens with one attached hydrogen (secondary N) is 4. The smallest absolute Gasteiger partial charge is 0.373 e. The molecular weight excluding hydrogens is 1320 g/mol. The first-order chi connectivity index (χ1) is 42.3. The number of hydrogen-bond acceptors (Lipinski definition) is 23. The van der Waals surface area contributed by atoms with Crippen molar-refractivity contribution in [3.05, 3.63) is 128 Å². The predicted octanol–water partition coefficient (Wildman–Crippen LogP) is 14.3. The summed E-state index contributed by atoms with van der Waals surface area (Å²) in [5.41, 5.74) is 8.47. The molecule has 8 N–H and O–H groups in total. The van der Waals surface area contributed by atoms with Gasteiger partial charge in [0.1, 0.15) is 63.1 Å². The largest absolute Gasteiger partial charge is 0.497 e. The standard InChI is InChI=1S/C16H17N3O2.C8H7ClN2O.C8H10N2O2.C8H8N2O2.C8H11NO.C8H14.C2H6N2.2CO2.CH4.Cl3OP.ClH/c1-10-9-14-15(17-11(2)18-16(14)21-10)19(3)12-5-7-13(20-4)8-6-12;1-4-3-6-7(9)10-5(2)11-8(6)12-4;1-4-3-6-7(11)9-5(2)10-8(6)12-4;1-3-4-6-7(11)9-5(2)10-8(6)12;1-9-7-3-5-8(10-2)6-4-7;1-4-7-8(5-2)6-3;1-2(3)4;2*2-1-3;;1-5(2,3)4;/h5-9H,1-4H3;3H,1-2H3;3,7,11H,1-2H3,(H,9,10);1H,4H2,2H3,(H2,9,10,11,12);3-6,9H,1-2H3;1,8H,5-7H2,2-3H3;1H3,(H3,3,4);;;1H4;;1H. The maximum atomic E-state index is 11.1. The van der Waals surface area contributed by atoms with Crippen LogP contribution in [0.2, 0.25) is 5.15 Å². The molecule has 1 unspecified atom stereocenters. The number of aromatic nitrogens is 6. The molecule has 9 rings (SSSR count). The molecule has 6 aromatic heterocycles. The number of carbonyl (C=O) groups excluding carboxylic acids is 4. The number of amidine groups is 2. The Morgan fingerprint density at radius 3 is 1.67 bits per heavy atom. The van der Waals surface area contributed by atoms with Gasteiger partial charge in [0, 0.05) is 38.3 Å². The maximum Gasteiger partial charge on any atom is 0.373 e. The van der Waals surface area contributed by atoms with Crippen LogP contribution < -0.4 is 36.3 Å². The van der Waals surface area contributed by atoms with Gasteiger partial charge in [0.2, 0.25) is 23.2 Å². The van der Waals surface area contributed by atoms with Gasteiger partial charge >= 0.3 is 17.5 Å². The van der Waals surface area contributed by atoms with Crippen LogP contribution in [0.5, 0.6) is 17.4 Å². The molecule has 1 aliphatic heterocycles. The number of benzene rings is 2. The molecule has 0 radical (unpaired) electrons. The van der Waals surface area contributed by atoms with Gasteiger partial charge in [-0.05, 0) is 162 Å². The first-order valence-electron chi connectivity index (χ1n) is 26.4. The molecule has 25 nitrogen and oxygen atoms in total. The molecule has 0 fully saturated rings. The van der Waals surface area contributed by atoms with Gasteiger partial charge in [0.15, 0.2) is 6.23 Å². The second kappa shape index (κ2) is 46.4. The van der Waals surface area contributed by atoms with Gasteiger partial charge in [-0.2, -0.15) is 29.1 Å². The first kappa shape index (κ1) is 87.5. The topological polar surface area (TPSA) is 371 Å². The summed E-state index contributed by atoms with van der Waals surface area (Å²) >= 11 is 19.7. The number of anilines is 4. The summed E-state index contributed by atoms with van der Waals surface area (Å²) in [6, 6.07) is 21.2. The number of aromatic hydroxyl groups is 1. The number of rotatable bonds is 9. The number of aryl methyl sites for hydroxylation is 6. The molecule has 1 aliphatic rings. The van der Waals surface area contributed by atoms with Gasteiger partial charge in [0.05, 0.1) is 42.0 Å². The van der Waals surface area contributed by atoms with E-state index in [9.17, 15) is 19.6 Å². The molecule has 0 saturated heterocycles. The molecule has 0 bridgehead atoms. The van der Waals surface area contributed by atoms with Gasteiger partial charge in [-0.15, -0.1) is 37.1 Å². The molecule has 0 spiro atoms. The van der Waals surface area contributed by atoms with Crippen molar-refractivity contribution in [1.82, 2.24) is 29.9 Å². The molecule has 7 heterocycles. The summed E-state index contributed by atoms with van der Waals surface area (Å²) < 4.78 is 35.9. The summed E-state index contributed by atoms with van der Waals surface area (Å²) in [7, 11) is 7.19. The molecule has 0 aliphatic carbocycles. The first-order valence-corrected chi connectivity index (χ1v) is 31.2. The van der Waals surface area contributed by atoms with Crippen molar-refractivity contribution in [3.8, 4) is 42.1 Å². The zero-order valence-corrected chi connectivity index (χ0v) is 57.2. The molecular formula is C61H78Cl5N12O13P. The summed E-state index contributed by atoms with van der Waals surface area (Å²) in [6.45, 7) is 18.5. The van der Waals surface area contributed by atoms with E-state index in [1.807, 2.05) is 107 Å². The van der Waals surface area contributed by atoms with Gasteiger partial charge in [-0.3, -0.25) is 14.8 Å². The van der Waals surface area contributed by atoms with Crippen molar-refractivity contribution in [2.24, 2.45) is 16.6 Å². The number of aliphatic hydroxyl groups is 1. The van der Waals surface area contributed by atoms with Crippen LogP contribution in [0, 0.1) is 77.6 Å². The SMILES string of the molecule is C.C#CCC(CC)CC.C#CCc1c(O)nc(C)[nH]c1=O.CC(=N)N.CC1=NC(O)c2cc(C)oc2N1.CNc1ccc(OC)cc1.COc1ccc(N(C)c2nc(C)nc3oc(C)cc23)cc1.Cc1nc(Cl)c2cc(C)oc2n1.Cl.O=C=O.O=C=O.O=P(Cl)(Cl)Cl. The highest BCUT2D eigenvalue weighted by molar-refractivity contribution is 8.24. The number of halogens is 5. The second-order valence-electron chi connectivity index (χ2n) is 18.1. The van der Waals surface area contributed by atoms with E-state index in [4.69, 9.17) is 77.5 Å². The Labute approximate surface area is 560 Å². The van der Waals surface area contributed by atoms with E-state index in [1.54, 1.807) is 41.1 Å². The molecule has 500 valence electrons. The molecule has 8 aromatic rings. The van der Waals surface area contributed by atoms with Gasteiger partial charge in [-0.25, -0.2) is 19.9 Å². The number of aliphatic imine (C=N–C) groups is 1. The Kier molecular flexibility index (Phi) is 44.1. The molecule has 1 atom stereocenters. The minimum atomic E-state index is -3.22. The van der Waals surface area contributed by atoms with E-state index in [0.29, 0.717) is 51.3 Å². The average molecular weight is 1400 g/mol. The summed E-state index contributed by atoms with van der Waals surface area (Å²) in [5, 5.41) is 29.8. The summed E-state index contributed by atoms with van der Waals surface area (Å²) in [6.07, 6.45) is 13.3. The van der Waals surface area contributed by atoms with Gasteiger partial charge < -0.3 is 59.2 Å². The van der Waals surface area contributed by atoms with Crippen molar-refractivity contribution < 1.29 is 56.7 Å². The molecule has 2 aromatic carbocycles. The number of hydrogen-bond donors (Lipinski definition) is 7. The van der Waals surface area contributed by atoms with Crippen LogP contribution in [0.15, 0.2) is 89.8 Å². The number of aliphatic hydroxyl groups excluding tert-OH is 1. The average Bonchev–Trinajstić information content (AvgIpc) is 1.60. The fraction of sp³-hybridized carbons (Fsp3) is 0.344.